The first-order valence-electron chi connectivity index (χ1n) is 6.68. The van der Waals surface area contributed by atoms with Gasteiger partial charge in [0.2, 0.25) is 0 Å². The number of carbonyl (C=O) groups is 1. The number of thioether (sulfide) groups is 1. The van der Waals surface area contributed by atoms with Crippen LogP contribution < -0.4 is 5.32 Å². The van der Waals surface area contributed by atoms with E-state index in [4.69, 9.17) is 0 Å². The smallest absolute Gasteiger partial charge is 0.339 e. The van der Waals surface area contributed by atoms with Crippen LogP contribution in [-0.2, 0) is 0 Å². The molecule has 2 atom stereocenters. The second kappa shape index (κ2) is 6.75. The van der Waals surface area contributed by atoms with Crippen LogP contribution in [0.4, 0.5) is 11.5 Å². The number of rotatable bonds is 5. The Morgan fingerprint density at radius 2 is 2.33 bits per heavy atom. The van der Waals surface area contributed by atoms with Gasteiger partial charge < -0.3 is 10.4 Å². The quantitative estimate of drug-likeness (QED) is 0.636. The Labute approximate surface area is 126 Å². The van der Waals surface area contributed by atoms with Crippen LogP contribution in [0.5, 0.6) is 0 Å². The molecule has 114 valence electrons. The van der Waals surface area contributed by atoms with E-state index in [1.165, 1.54) is 6.42 Å². The molecule has 1 aliphatic rings. The van der Waals surface area contributed by atoms with Gasteiger partial charge in [-0.3, -0.25) is 10.1 Å². The summed E-state index contributed by atoms with van der Waals surface area (Å²) >= 11 is 1.81. The Morgan fingerprint density at radius 1 is 1.57 bits per heavy atom. The first-order chi connectivity index (χ1) is 10.0. The third kappa shape index (κ3) is 3.84. The molecule has 0 aromatic carbocycles. The summed E-state index contributed by atoms with van der Waals surface area (Å²) in [7, 11) is 0. The lowest BCUT2D eigenvalue weighted by Crippen LogP contribution is -2.29. The lowest BCUT2D eigenvalue weighted by Gasteiger charge is -2.29. The summed E-state index contributed by atoms with van der Waals surface area (Å²) in [4.78, 5) is 25.2. The fourth-order valence-electron chi connectivity index (χ4n) is 2.52. The van der Waals surface area contributed by atoms with Gasteiger partial charge in [0.25, 0.3) is 5.69 Å². The highest BCUT2D eigenvalue weighted by molar-refractivity contribution is 7.99. The molecule has 0 bridgehead atoms. The van der Waals surface area contributed by atoms with Gasteiger partial charge in [0.15, 0.2) is 0 Å². The second-order valence-corrected chi connectivity index (χ2v) is 6.16. The van der Waals surface area contributed by atoms with Crippen LogP contribution in [0.2, 0.25) is 0 Å². The fraction of sp³-hybridized carbons (Fsp3) is 0.538. The Bertz CT molecular complexity index is 552. The van der Waals surface area contributed by atoms with Crippen molar-refractivity contribution in [1.29, 1.82) is 0 Å². The second-order valence-electron chi connectivity index (χ2n) is 5.02. The van der Waals surface area contributed by atoms with Gasteiger partial charge >= 0.3 is 5.97 Å². The summed E-state index contributed by atoms with van der Waals surface area (Å²) in [5, 5.41) is 23.6. The Kier molecular flexibility index (Phi) is 5.00. The molecule has 0 radical (unpaired) electrons. The molecule has 1 aromatic heterocycles. The van der Waals surface area contributed by atoms with Crippen molar-refractivity contribution in [2.24, 2.45) is 0 Å². The topological polar surface area (TPSA) is 105 Å². The summed E-state index contributed by atoms with van der Waals surface area (Å²) in [6.07, 6.45) is 7.30. The Morgan fingerprint density at radius 3 is 2.95 bits per heavy atom. The molecule has 1 aliphatic carbocycles. The zero-order valence-corrected chi connectivity index (χ0v) is 12.4. The minimum absolute atomic E-state index is 0.156. The van der Waals surface area contributed by atoms with Crippen LogP contribution in [0.3, 0.4) is 0 Å². The molecule has 2 rings (SSSR count). The van der Waals surface area contributed by atoms with Crippen LogP contribution in [0.15, 0.2) is 12.3 Å². The van der Waals surface area contributed by atoms with E-state index in [-0.39, 0.29) is 23.1 Å². The Hall–Kier alpha value is -1.83. The van der Waals surface area contributed by atoms with Crippen molar-refractivity contribution in [3.8, 4) is 0 Å². The zero-order chi connectivity index (χ0) is 15.4. The zero-order valence-electron chi connectivity index (χ0n) is 11.6. The van der Waals surface area contributed by atoms with Crippen molar-refractivity contribution in [3.63, 3.8) is 0 Å². The van der Waals surface area contributed by atoms with E-state index < -0.39 is 10.9 Å². The summed E-state index contributed by atoms with van der Waals surface area (Å²) in [5.41, 5.74) is -0.473. The average Bonchev–Trinajstić information content (AvgIpc) is 2.47. The minimum atomic E-state index is -1.22. The molecule has 8 heteroatoms. The highest BCUT2D eigenvalue weighted by atomic mass is 32.2. The number of carboxylic acids is 1. The third-order valence-electron chi connectivity index (χ3n) is 3.61. The van der Waals surface area contributed by atoms with Gasteiger partial charge in [-0.25, -0.2) is 9.78 Å². The number of hydrogen-bond acceptors (Lipinski definition) is 6. The molecule has 7 nitrogen and oxygen atoms in total. The molecule has 1 fully saturated rings. The molecule has 21 heavy (non-hydrogen) atoms. The molecular weight excluding hydrogens is 294 g/mol. The predicted octanol–water partition coefficient (Wildman–Crippen LogP) is 2.77. The molecule has 1 aromatic rings. The van der Waals surface area contributed by atoms with Gasteiger partial charge in [-0.05, 0) is 25.5 Å². The molecule has 1 saturated carbocycles. The van der Waals surface area contributed by atoms with Crippen molar-refractivity contribution < 1.29 is 14.8 Å². The standard InChI is InChI=1S/C13H17N3O4S/c1-21-10-4-2-3-8(5-10)15-12-11(13(17)18)6-9(7-14-12)16(19)20/h6-8,10H,2-5H2,1H3,(H,14,15)(H,17,18). The van der Waals surface area contributed by atoms with E-state index >= 15 is 0 Å². The monoisotopic (exact) mass is 311 g/mol. The number of carboxylic acid groups (broad SMARTS) is 1. The van der Waals surface area contributed by atoms with Gasteiger partial charge in [-0.1, -0.05) is 6.42 Å². The van der Waals surface area contributed by atoms with Gasteiger partial charge in [0.05, 0.1) is 4.92 Å². The maximum atomic E-state index is 11.3. The summed E-state index contributed by atoms with van der Waals surface area (Å²) < 4.78 is 0. The first-order valence-corrected chi connectivity index (χ1v) is 7.97. The minimum Gasteiger partial charge on any atom is -0.478 e. The third-order valence-corrected chi connectivity index (χ3v) is 4.71. The normalized spacial score (nSPS) is 21.8. The van der Waals surface area contributed by atoms with E-state index in [9.17, 15) is 20.0 Å². The Balaban J connectivity index is 2.19. The molecule has 2 N–H and O–H groups in total. The molecule has 0 aliphatic heterocycles. The highest BCUT2D eigenvalue weighted by Crippen LogP contribution is 2.29. The predicted molar refractivity (Wildman–Crippen MR) is 81.0 cm³/mol. The fourth-order valence-corrected chi connectivity index (χ4v) is 3.34. The lowest BCUT2D eigenvalue weighted by molar-refractivity contribution is -0.385. The molecule has 0 spiro atoms. The first kappa shape index (κ1) is 15.6. The number of nitrogens with zero attached hydrogens (tertiary/aromatic N) is 2. The SMILES string of the molecule is CSC1CCCC(Nc2ncc([N+](=O)[O-])cc2C(=O)O)C1. The van der Waals surface area contributed by atoms with Crippen LogP contribution in [0, 0.1) is 10.1 Å². The number of aromatic carboxylic acids is 1. The molecule has 2 unspecified atom stereocenters. The van der Waals surface area contributed by atoms with Crippen molar-refractivity contribution in [2.45, 2.75) is 37.0 Å². The van der Waals surface area contributed by atoms with Crippen molar-refractivity contribution in [1.82, 2.24) is 4.98 Å². The lowest BCUT2D eigenvalue weighted by atomic mass is 9.95. The number of hydrogen-bond donors (Lipinski definition) is 2. The number of nitrogens with one attached hydrogen (secondary N) is 1. The van der Waals surface area contributed by atoms with Crippen LogP contribution in [0.25, 0.3) is 0 Å². The number of nitro groups is 1. The summed E-state index contributed by atoms with van der Waals surface area (Å²) in [6.45, 7) is 0. The highest BCUT2D eigenvalue weighted by Gasteiger charge is 2.24. The van der Waals surface area contributed by atoms with E-state index in [1.807, 2.05) is 11.8 Å². The van der Waals surface area contributed by atoms with Gasteiger partial charge in [0.1, 0.15) is 17.6 Å². The number of pyridine rings is 1. The van der Waals surface area contributed by atoms with E-state index in [0.29, 0.717) is 5.25 Å². The van der Waals surface area contributed by atoms with Crippen molar-refractivity contribution in [3.05, 3.63) is 27.9 Å². The average molecular weight is 311 g/mol. The maximum absolute atomic E-state index is 11.3. The largest absolute Gasteiger partial charge is 0.478 e. The number of anilines is 1. The summed E-state index contributed by atoms with van der Waals surface area (Å²) in [6, 6.07) is 1.20. The molecule has 0 saturated heterocycles. The molecule has 0 amide bonds. The number of aromatic nitrogens is 1. The molecule has 1 heterocycles. The van der Waals surface area contributed by atoms with E-state index in [2.05, 4.69) is 16.6 Å². The van der Waals surface area contributed by atoms with Crippen molar-refractivity contribution in [2.75, 3.05) is 11.6 Å². The van der Waals surface area contributed by atoms with Crippen LogP contribution in [0.1, 0.15) is 36.0 Å². The van der Waals surface area contributed by atoms with E-state index in [0.717, 1.165) is 31.5 Å². The van der Waals surface area contributed by atoms with Gasteiger partial charge in [0, 0.05) is 17.4 Å². The summed E-state index contributed by atoms with van der Waals surface area (Å²) in [5.74, 6) is -1.01. The van der Waals surface area contributed by atoms with Crippen molar-refractivity contribution >= 4 is 29.2 Å². The van der Waals surface area contributed by atoms with Gasteiger partial charge in [-0.2, -0.15) is 11.8 Å². The molecular formula is C13H17N3O4S. The van der Waals surface area contributed by atoms with Crippen LogP contribution in [-0.4, -0.2) is 38.5 Å². The van der Waals surface area contributed by atoms with Gasteiger partial charge in [-0.15, -0.1) is 0 Å². The van der Waals surface area contributed by atoms with Crippen LogP contribution >= 0.6 is 11.8 Å². The van der Waals surface area contributed by atoms with E-state index in [1.54, 1.807) is 0 Å². The maximum Gasteiger partial charge on any atom is 0.339 e.